The van der Waals surface area contributed by atoms with E-state index in [0.29, 0.717) is 5.56 Å². The molecule has 0 radical (unpaired) electrons. The van der Waals surface area contributed by atoms with E-state index in [9.17, 15) is 0 Å². The molecular formula is C8H11N3O. The summed E-state index contributed by atoms with van der Waals surface area (Å²) in [4.78, 5) is 7.42. The van der Waals surface area contributed by atoms with Crippen molar-refractivity contribution in [2.45, 2.75) is 13.8 Å². The summed E-state index contributed by atoms with van der Waals surface area (Å²) in [5, 5.41) is 8.33. The van der Waals surface area contributed by atoms with Crippen molar-refractivity contribution < 1.29 is 4.74 Å². The third kappa shape index (κ3) is 2.97. The Hall–Kier alpha value is -1.63. The van der Waals surface area contributed by atoms with Crippen molar-refractivity contribution in [3.8, 4) is 12.1 Å². The lowest BCUT2D eigenvalue weighted by molar-refractivity contribution is 0.379. The highest BCUT2D eigenvalue weighted by atomic mass is 16.5. The zero-order valence-electron chi connectivity index (χ0n) is 7.40. The molecule has 1 aromatic heterocycles. The lowest BCUT2D eigenvalue weighted by Crippen LogP contribution is -1.90. The Balaban J connectivity index is 0.000000561. The van der Waals surface area contributed by atoms with Gasteiger partial charge in [-0.3, -0.25) is 0 Å². The lowest BCUT2D eigenvalue weighted by atomic mass is 10.4. The van der Waals surface area contributed by atoms with Crippen molar-refractivity contribution in [3.05, 3.63) is 18.0 Å². The molecule has 1 aromatic rings. The molecule has 0 aliphatic heterocycles. The molecule has 0 atom stereocenters. The SMILES string of the molecule is CC.COc1ncc(C#N)cn1. The fourth-order valence-electron chi connectivity index (χ4n) is 0.479. The van der Waals surface area contributed by atoms with Crippen molar-refractivity contribution in [2.75, 3.05) is 7.11 Å². The Kier molecular flexibility index (Phi) is 5.28. The highest BCUT2D eigenvalue weighted by Crippen LogP contribution is 1.98. The molecule has 12 heavy (non-hydrogen) atoms. The highest BCUT2D eigenvalue weighted by molar-refractivity contribution is 5.22. The first-order valence-electron chi connectivity index (χ1n) is 3.63. The van der Waals surface area contributed by atoms with Gasteiger partial charge in [-0.05, 0) is 0 Å². The predicted molar refractivity (Wildman–Crippen MR) is 44.6 cm³/mol. The van der Waals surface area contributed by atoms with Crippen LogP contribution in [0.15, 0.2) is 12.4 Å². The Morgan fingerprint density at radius 3 is 2.17 bits per heavy atom. The van der Waals surface area contributed by atoms with Gasteiger partial charge < -0.3 is 4.74 Å². The first-order chi connectivity index (χ1) is 5.86. The number of methoxy groups -OCH3 is 1. The van der Waals surface area contributed by atoms with Crippen molar-refractivity contribution in [1.82, 2.24) is 9.97 Å². The molecule has 4 nitrogen and oxygen atoms in total. The van der Waals surface area contributed by atoms with Crippen LogP contribution in [0.3, 0.4) is 0 Å². The predicted octanol–water partition coefficient (Wildman–Crippen LogP) is 1.38. The van der Waals surface area contributed by atoms with Crippen molar-refractivity contribution in [3.63, 3.8) is 0 Å². The van der Waals surface area contributed by atoms with Crippen LogP contribution in [0.4, 0.5) is 0 Å². The van der Waals surface area contributed by atoms with Gasteiger partial charge in [0.05, 0.1) is 25.1 Å². The standard InChI is InChI=1S/C6H5N3O.C2H6/c1-10-6-8-3-5(2-7)4-9-6;1-2/h3-4H,1H3;1-2H3. The normalized spacial score (nSPS) is 7.50. The van der Waals surface area contributed by atoms with E-state index < -0.39 is 0 Å². The zero-order chi connectivity index (χ0) is 9.40. The van der Waals surface area contributed by atoms with Gasteiger partial charge in [-0.1, -0.05) is 13.8 Å². The molecule has 0 bridgehead atoms. The fraction of sp³-hybridized carbons (Fsp3) is 0.375. The van der Waals surface area contributed by atoms with Gasteiger partial charge in [-0.25, -0.2) is 9.97 Å². The Morgan fingerprint density at radius 2 is 1.83 bits per heavy atom. The molecule has 0 unspecified atom stereocenters. The summed E-state index contributed by atoms with van der Waals surface area (Å²) in [7, 11) is 1.47. The van der Waals surface area contributed by atoms with E-state index in [0.717, 1.165) is 0 Å². The Bertz CT molecular complexity index is 250. The van der Waals surface area contributed by atoms with E-state index in [4.69, 9.17) is 5.26 Å². The summed E-state index contributed by atoms with van der Waals surface area (Å²) in [6.07, 6.45) is 2.82. The van der Waals surface area contributed by atoms with Gasteiger partial charge in [-0.15, -0.1) is 0 Å². The van der Waals surface area contributed by atoms with Crippen molar-refractivity contribution >= 4 is 0 Å². The molecule has 0 saturated carbocycles. The Labute approximate surface area is 71.8 Å². The van der Waals surface area contributed by atoms with Gasteiger partial charge in [-0.2, -0.15) is 5.26 Å². The average molecular weight is 165 g/mol. The van der Waals surface area contributed by atoms with E-state index in [-0.39, 0.29) is 6.01 Å². The van der Waals surface area contributed by atoms with Crippen molar-refractivity contribution in [1.29, 1.82) is 5.26 Å². The summed E-state index contributed by atoms with van der Waals surface area (Å²) >= 11 is 0. The Morgan fingerprint density at radius 1 is 1.33 bits per heavy atom. The summed E-state index contributed by atoms with van der Waals surface area (Å²) in [5.41, 5.74) is 0.431. The number of aromatic nitrogens is 2. The molecule has 0 amide bonds. The maximum atomic E-state index is 8.33. The van der Waals surface area contributed by atoms with Gasteiger partial charge >= 0.3 is 6.01 Å². The molecule has 0 spiro atoms. The second-order valence-corrected chi connectivity index (χ2v) is 1.57. The topological polar surface area (TPSA) is 58.8 Å². The summed E-state index contributed by atoms with van der Waals surface area (Å²) in [5.74, 6) is 0. The number of ether oxygens (including phenoxy) is 1. The lowest BCUT2D eigenvalue weighted by Gasteiger charge is -1.93. The average Bonchev–Trinajstić information content (AvgIpc) is 2.21. The quantitative estimate of drug-likeness (QED) is 0.630. The van der Waals surface area contributed by atoms with E-state index >= 15 is 0 Å². The smallest absolute Gasteiger partial charge is 0.316 e. The molecule has 0 aliphatic carbocycles. The van der Waals surface area contributed by atoms with E-state index in [2.05, 4.69) is 14.7 Å². The first kappa shape index (κ1) is 10.4. The van der Waals surface area contributed by atoms with Crippen LogP contribution in [-0.2, 0) is 0 Å². The van der Waals surface area contributed by atoms with Crippen LogP contribution in [0, 0.1) is 11.3 Å². The molecule has 0 aliphatic rings. The third-order valence-electron chi connectivity index (χ3n) is 0.940. The second-order valence-electron chi connectivity index (χ2n) is 1.57. The van der Waals surface area contributed by atoms with Crippen LogP contribution >= 0.6 is 0 Å². The van der Waals surface area contributed by atoms with Crippen LogP contribution in [0.1, 0.15) is 19.4 Å². The zero-order valence-corrected chi connectivity index (χ0v) is 7.40. The van der Waals surface area contributed by atoms with Crippen molar-refractivity contribution in [2.24, 2.45) is 0 Å². The molecule has 0 fully saturated rings. The van der Waals surface area contributed by atoms with Crippen LogP contribution in [0.2, 0.25) is 0 Å². The molecule has 64 valence electrons. The monoisotopic (exact) mass is 165 g/mol. The van der Waals surface area contributed by atoms with E-state index in [1.165, 1.54) is 19.5 Å². The van der Waals surface area contributed by atoms with Gasteiger partial charge in [0.1, 0.15) is 6.07 Å². The number of nitriles is 1. The van der Waals surface area contributed by atoms with E-state index in [1.807, 2.05) is 19.9 Å². The molecule has 0 N–H and O–H groups in total. The van der Waals surface area contributed by atoms with Gasteiger partial charge in [0.2, 0.25) is 0 Å². The van der Waals surface area contributed by atoms with Gasteiger partial charge in [0.15, 0.2) is 0 Å². The summed E-state index contributed by atoms with van der Waals surface area (Å²) in [6.45, 7) is 4.00. The number of rotatable bonds is 1. The van der Waals surface area contributed by atoms with Crippen LogP contribution < -0.4 is 4.74 Å². The van der Waals surface area contributed by atoms with Crippen LogP contribution in [-0.4, -0.2) is 17.1 Å². The minimum atomic E-state index is 0.277. The summed E-state index contributed by atoms with van der Waals surface area (Å²) < 4.78 is 4.68. The maximum Gasteiger partial charge on any atom is 0.316 e. The maximum absolute atomic E-state index is 8.33. The van der Waals surface area contributed by atoms with Crippen LogP contribution in [0.5, 0.6) is 6.01 Å². The molecule has 0 saturated heterocycles. The largest absolute Gasteiger partial charge is 0.467 e. The number of hydrogen-bond donors (Lipinski definition) is 0. The molecule has 1 heterocycles. The second kappa shape index (κ2) is 6.10. The van der Waals surface area contributed by atoms with Gasteiger partial charge in [0, 0.05) is 0 Å². The number of nitrogens with zero attached hydrogens (tertiary/aromatic N) is 3. The molecule has 1 rings (SSSR count). The van der Waals surface area contributed by atoms with Gasteiger partial charge in [0.25, 0.3) is 0 Å². The summed E-state index contributed by atoms with van der Waals surface area (Å²) in [6, 6.07) is 2.17. The highest BCUT2D eigenvalue weighted by Gasteiger charge is 1.92. The van der Waals surface area contributed by atoms with E-state index in [1.54, 1.807) is 0 Å². The molecule has 0 aromatic carbocycles. The molecular weight excluding hydrogens is 154 g/mol. The fourth-order valence-corrected chi connectivity index (χ4v) is 0.479. The third-order valence-corrected chi connectivity index (χ3v) is 0.940. The minimum absolute atomic E-state index is 0.277. The first-order valence-corrected chi connectivity index (χ1v) is 3.63. The number of hydrogen-bond acceptors (Lipinski definition) is 4. The van der Waals surface area contributed by atoms with Crippen LogP contribution in [0.25, 0.3) is 0 Å². The molecule has 4 heteroatoms. The minimum Gasteiger partial charge on any atom is -0.467 e.